The van der Waals surface area contributed by atoms with E-state index >= 15 is 0 Å². The molecular formula is C55H40N2O. The fourth-order valence-corrected chi connectivity index (χ4v) is 9.15. The van der Waals surface area contributed by atoms with Gasteiger partial charge < -0.3 is 14.6 Å². The lowest BCUT2D eigenvalue weighted by molar-refractivity contribution is 0.660. The Morgan fingerprint density at radius 2 is 1.07 bits per heavy atom. The van der Waals surface area contributed by atoms with Crippen molar-refractivity contribution < 1.29 is 4.42 Å². The van der Waals surface area contributed by atoms with Crippen LogP contribution >= 0.6 is 0 Å². The number of hydrogen-bond donors (Lipinski definition) is 1. The van der Waals surface area contributed by atoms with Gasteiger partial charge in [-0.15, -0.1) is 0 Å². The number of para-hydroxylation sites is 3. The maximum absolute atomic E-state index is 6.44. The first-order valence-electron chi connectivity index (χ1n) is 20.0. The molecule has 0 atom stereocenters. The lowest BCUT2D eigenvalue weighted by Gasteiger charge is -2.29. The third kappa shape index (κ3) is 5.50. The second-order valence-electron chi connectivity index (χ2n) is 15.8. The molecule has 0 fully saturated rings. The van der Waals surface area contributed by atoms with E-state index in [9.17, 15) is 0 Å². The summed E-state index contributed by atoms with van der Waals surface area (Å²) in [5.41, 5.74) is 16.9. The van der Waals surface area contributed by atoms with Crippen molar-refractivity contribution in [2.24, 2.45) is 0 Å². The van der Waals surface area contributed by atoms with Gasteiger partial charge in [-0.2, -0.15) is 0 Å². The van der Waals surface area contributed by atoms with Crippen molar-refractivity contribution in [3.63, 3.8) is 0 Å². The highest BCUT2D eigenvalue weighted by atomic mass is 16.3. The minimum atomic E-state index is -0.225. The van der Waals surface area contributed by atoms with Crippen LogP contribution in [0.4, 0.5) is 28.4 Å². The van der Waals surface area contributed by atoms with Crippen LogP contribution in [0.15, 0.2) is 205 Å². The quantitative estimate of drug-likeness (QED) is 0.176. The van der Waals surface area contributed by atoms with E-state index in [0.29, 0.717) is 0 Å². The Balaban J connectivity index is 0.992. The second-order valence-corrected chi connectivity index (χ2v) is 15.8. The summed E-state index contributed by atoms with van der Waals surface area (Å²) in [6, 6.07) is 71.9. The van der Waals surface area contributed by atoms with Crippen LogP contribution in [0.2, 0.25) is 0 Å². The first-order valence-corrected chi connectivity index (χ1v) is 20.0. The van der Waals surface area contributed by atoms with Crippen molar-refractivity contribution in [1.29, 1.82) is 0 Å². The van der Waals surface area contributed by atoms with Gasteiger partial charge in [-0.05, 0) is 93.4 Å². The average molecular weight is 745 g/mol. The highest BCUT2D eigenvalue weighted by molar-refractivity contribution is 6.09. The molecular weight excluding hydrogens is 705 g/mol. The van der Waals surface area contributed by atoms with Gasteiger partial charge in [0.2, 0.25) is 0 Å². The molecule has 0 amide bonds. The van der Waals surface area contributed by atoms with Crippen molar-refractivity contribution in [3.8, 4) is 33.4 Å². The summed E-state index contributed by atoms with van der Waals surface area (Å²) in [4.78, 5) is 2.42. The van der Waals surface area contributed by atoms with Gasteiger partial charge in [0.05, 0.1) is 5.69 Å². The summed E-state index contributed by atoms with van der Waals surface area (Å²) < 4.78 is 6.44. The number of benzene rings is 9. The molecule has 0 saturated heterocycles. The van der Waals surface area contributed by atoms with Crippen LogP contribution < -0.4 is 10.2 Å². The number of nitrogens with zero attached hydrogens (tertiary/aromatic N) is 1. The number of hydrogen-bond acceptors (Lipinski definition) is 3. The Labute approximate surface area is 338 Å². The van der Waals surface area contributed by atoms with Crippen LogP contribution in [0, 0.1) is 0 Å². The van der Waals surface area contributed by atoms with Crippen molar-refractivity contribution in [2.75, 3.05) is 10.2 Å². The van der Waals surface area contributed by atoms with E-state index in [0.717, 1.165) is 61.5 Å². The number of furan rings is 1. The molecule has 276 valence electrons. The molecule has 3 heteroatoms. The minimum absolute atomic E-state index is 0.225. The molecule has 1 aliphatic carbocycles. The molecule has 1 aromatic heterocycles. The molecule has 0 saturated carbocycles. The molecule has 11 rings (SSSR count). The van der Waals surface area contributed by atoms with Crippen molar-refractivity contribution in [3.05, 3.63) is 211 Å². The molecule has 3 nitrogen and oxygen atoms in total. The van der Waals surface area contributed by atoms with E-state index in [1.54, 1.807) is 0 Å². The molecule has 0 aliphatic heterocycles. The summed E-state index contributed by atoms with van der Waals surface area (Å²) >= 11 is 0. The molecule has 1 heterocycles. The molecule has 0 radical (unpaired) electrons. The Morgan fingerprint density at radius 1 is 0.448 bits per heavy atom. The fraction of sp³-hybridized carbons (Fsp3) is 0.0545. The van der Waals surface area contributed by atoms with Crippen molar-refractivity contribution in [2.45, 2.75) is 19.3 Å². The maximum Gasteiger partial charge on any atom is 0.143 e. The van der Waals surface area contributed by atoms with E-state index in [1.165, 1.54) is 44.2 Å². The average Bonchev–Trinajstić information content (AvgIpc) is 3.76. The van der Waals surface area contributed by atoms with E-state index in [-0.39, 0.29) is 5.41 Å². The largest absolute Gasteiger partial charge is 0.455 e. The van der Waals surface area contributed by atoms with Gasteiger partial charge in [0.15, 0.2) is 0 Å². The second kappa shape index (κ2) is 13.4. The zero-order valence-electron chi connectivity index (χ0n) is 32.4. The number of nitrogens with one attached hydrogen (secondary N) is 1. The van der Waals surface area contributed by atoms with Crippen LogP contribution in [0.3, 0.4) is 0 Å². The van der Waals surface area contributed by atoms with E-state index in [1.807, 2.05) is 12.1 Å². The van der Waals surface area contributed by atoms with Crippen molar-refractivity contribution >= 4 is 61.1 Å². The predicted molar refractivity (Wildman–Crippen MR) is 244 cm³/mol. The molecule has 1 N–H and O–H groups in total. The molecule has 10 aromatic rings. The molecule has 9 aromatic carbocycles. The van der Waals surface area contributed by atoms with Gasteiger partial charge in [-0.1, -0.05) is 159 Å². The molecule has 58 heavy (non-hydrogen) atoms. The van der Waals surface area contributed by atoms with Gasteiger partial charge >= 0.3 is 0 Å². The third-order valence-electron chi connectivity index (χ3n) is 12.1. The van der Waals surface area contributed by atoms with Crippen LogP contribution in [0.25, 0.3) is 66.1 Å². The monoisotopic (exact) mass is 744 g/mol. The lowest BCUT2D eigenvalue weighted by Crippen LogP contribution is -2.17. The Bertz CT molecular complexity index is 3170. The van der Waals surface area contributed by atoms with Gasteiger partial charge in [0.1, 0.15) is 11.2 Å². The highest BCUT2D eigenvalue weighted by Gasteiger charge is 2.36. The van der Waals surface area contributed by atoms with Crippen LogP contribution in [0.5, 0.6) is 0 Å². The van der Waals surface area contributed by atoms with Crippen LogP contribution in [-0.2, 0) is 5.41 Å². The maximum atomic E-state index is 6.44. The number of rotatable bonds is 7. The summed E-state index contributed by atoms with van der Waals surface area (Å²) in [5.74, 6) is 0. The molecule has 0 bridgehead atoms. The van der Waals surface area contributed by atoms with E-state index in [4.69, 9.17) is 4.42 Å². The zero-order chi connectivity index (χ0) is 38.8. The van der Waals surface area contributed by atoms with E-state index in [2.05, 4.69) is 212 Å². The molecule has 0 spiro atoms. The Kier molecular flexibility index (Phi) is 7.84. The summed E-state index contributed by atoms with van der Waals surface area (Å²) in [7, 11) is 0. The molecule has 0 unspecified atom stereocenters. The van der Waals surface area contributed by atoms with Crippen LogP contribution in [-0.4, -0.2) is 0 Å². The lowest BCUT2D eigenvalue weighted by atomic mass is 9.82. The summed E-state index contributed by atoms with van der Waals surface area (Å²) in [5, 5.41) is 8.46. The summed E-state index contributed by atoms with van der Waals surface area (Å²) in [6.07, 6.45) is 0. The Hall–Kier alpha value is -7.36. The summed E-state index contributed by atoms with van der Waals surface area (Å²) in [6.45, 7) is 4.72. The van der Waals surface area contributed by atoms with Gasteiger partial charge in [0.25, 0.3) is 0 Å². The third-order valence-corrected chi connectivity index (χ3v) is 12.1. The van der Waals surface area contributed by atoms with Crippen molar-refractivity contribution in [1.82, 2.24) is 0 Å². The smallest absolute Gasteiger partial charge is 0.143 e. The number of anilines is 5. The topological polar surface area (TPSA) is 28.4 Å². The number of fused-ring (bicyclic) bond motifs is 7. The van der Waals surface area contributed by atoms with Crippen LogP contribution in [0.1, 0.15) is 25.0 Å². The predicted octanol–water partition coefficient (Wildman–Crippen LogP) is 15.6. The minimum Gasteiger partial charge on any atom is -0.455 e. The SMILES string of the molecule is CC1(C)c2cc(Nc3ccccc3-c3ccccc3)ccc2-c2ccc(N(c3ccc(-c4cccc5c4oc4ccccc45)cc3)c3cccc4ccccc34)cc21. The van der Waals surface area contributed by atoms with Gasteiger partial charge in [-0.25, -0.2) is 0 Å². The molecule has 1 aliphatic rings. The normalized spacial score (nSPS) is 12.8. The standard InChI is InChI=1S/C55H40N2O/c1-55(2)49-34-39(56-51-23-10-8-18-42(51)36-14-4-3-5-15-36)28-32-45(49)46-33-31-41(35-50(46)55)57(52-24-12-17-37-16-6-7-19-43(37)52)40-29-26-38(27-30-40)44-21-13-22-48-47-20-9-11-25-53(47)58-54(44)48/h3-35,56H,1-2H3. The fourth-order valence-electron chi connectivity index (χ4n) is 9.15. The first-order chi connectivity index (χ1) is 28.5. The first kappa shape index (κ1) is 33.9. The van der Waals surface area contributed by atoms with Gasteiger partial charge in [-0.3, -0.25) is 0 Å². The highest BCUT2D eigenvalue weighted by Crippen LogP contribution is 2.52. The van der Waals surface area contributed by atoms with Gasteiger partial charge in [0, 0.05) is 55.5 Å². The Morgan fingerprint density at radius 3 is 1.93 bits per heavy atom. The zero-order valence-corrected chi connectivity index (χ0v) is 32.4. The van der Waals surface area contributed by atoms with E-state index < -0.39 is 0 Å².